The third-order valence-electron chi connectivity index (χ3n) is 6.24. The molecule has 0 saturated carbocycles. The number of pyridine rings is 1. The molecule has 164 valence electrons. The van der Waals surface area contributed by atoms with Crippen molar-refractivity contribution in [3.05, 3.63) is 138 Å². The highest BCUT2D eigenvalue weighted by Crippen LogP contribution is 2.37. The van der Waals surface area contributed by atoms with Gasteiger partial charge in [0.05, 0.1) is 5.69 Å². The molecule has 2 nitrogen and oxygen atoms in total. The number of hydrogen-bond acceptors (Lipinski definition) is 2. The molecule has 0 saturated heterocycles. The molecule has 1 unspecified atom stereocenters. The predicted octanol–water partition coefficient (Wildman–Crippen LogP) is 8.39. The van der Waals surface area contributed by atoms with Gasteiger partial charge in [-0.3, -0.25) is 4.98 Å². The Morgan fingerprint density at radius 1 is 0.765 bits per heavy atom. The average molecular weight is 443 g/mol. The van der Waals surface area contributed by atoms with Gasteiger partial charge in [-0.2, -0.15) is 0 Å². The van der Waals surface area contributed by atoms with Crippen LogP contribution in [0.4, 0.5) is 0 Å². The zero-order valence-corrected chi connectivity index (χ0v) is 18.8. The summed E-state index contributed by atoms with van der Waals surface area (Å²) in [5.74, 6) is -0.920. The molecule has 2 heterocycles. The van der Waals surface area contributed by atoms with Crippen LogP contribution < -0.4 is 0 Å². The molecule has 0 aliphatic heterocycles. The van der Waals surface area contributed by atoms with E-state index in [0.29, 0.717) is 28.0 Å². The van der Waals surface area contributed by atoms with Crippen molar-refractivity contribution in [1.82, 2.24) is 4.98 Å². The van der Waals surface area contributed by atoms with Crippen molar-refractivity contribution in [2.24, 2.45) is 0 Å². The molecule has 2 aromatic heterocycles. The van der Waals surface area contributed by atoms with Gasteiger partial charge < -0.3 is 4.42 Å². The Morgan fingerprint density at radius 3 is 2.38 bits per heavy atom. The predicted molar refractivity (Wildman–Crippen MR) is 140 cm³/mol. The van der Waals surface area contributed by atoms with E-state index in [2.05, 4.69) is 4.98 Å². The van der Waals surface area contributed by atoms with Crippen LogP contribution in [0.25, 0.3) is 33.2 Å². The fourth-order valence-corrected chi connectivity index (χ4v) is 4.43. The van der Waals surface area contributed by atoms with Crippen LogP contribution in [0.15, 0.2) is 120 Å². The maximum absolute atomic E-state index is 9.06. The number of benzene rings is 4. The van der Waals surface area contributed by atoms with Gasteiger partial charge in [-0.05, 0) is 52.9 Å². The lowest BCUT2D eigenvalue weighted by Gasteiger charge is -2.12. The van der Waals surface area contributed by atoms with Gasteiger partial charge in [0, 0.05) is 32.5 Å². The summed E-state index contributed by atoms with van der Waals surface area (Å²) in [5, 5.41) is 1.93. The van der Waals surface area contributed by atoms with Gasteiger partial charge in [-0.15, -0.1) is 0 Å². The van der Waals surface area contributed by atoms with Gasteiger partial charge in [0.15, 0.2) is 0 Å². The topological polar surface area (TPSA) is 26.0 Å². The van der Waals surface area contributed by atoms with Crippen molar-refractivity contribution in [2.75, 3.05) is 0 Å². The Bertz CT molecular complexity index is 1720. The van der Waals surface area contributed by atoms with Crippen molar-refractivity contribution in [3.8, 4) is 11.3 Å². The third-order valence-corrected chi connectivity index (χ3v) is 6.24. The van der Waals surface area contributed by atoms with Crippen molar-refractivity contribution < 1.29 is 8.53 Å². The number of nitrogens with zero attached hydrogens (tertiary/aromatic N) is 1. The number of furan rings is 1. The Morgan fingerprint density at radius 2 is 1.56 bits per heavy atom. The van der Waals surface area contributed by atoms with Gasteiger partial charge >= 0.3 is 0 Å². The lowest BCUT2D eigenvalue weighted by molar-refractivity contribution is 0.668. The molecular weight excluding hydrogens is 414 g/mol. The van der Waals surface area contributed by atoms with Gasteiger partial charge in [0.1, 0.15) is 11.2 Å². The number of para-hydroxylation sites is 1. The highest BCUT2D eigenvalue weighted by Gasteiger charge is 2.15. The SMILES string of the molecule is [2H]C([2H])(c1ccccc1)c1ccnc(-c2cccc3c2oc2cc(C([2H])(C)c4ccccc4)ccc23)c1. The Labute approximate surface area is 203 Å². The molecule has 0 fully saturated rings. The number of aromatic nitrogens is 1. The van der Waals surface area contributed by atoms with E-state index in [9.17, 15) is 0 Å². The van der Waals surface area contributed by atoms with E-state index < -0.39 is 12.3 Å². The first-order valence-electron chi connectivity index (χ1n) is 12.9. The molecule has 2 heteroatoms. The van der Waals surface area contributed by atoms with E-state index in [-0.39, 0.29) is 0 Å². The van der Waals surface area contributed by atoms with Crippen LogP contribution in [0.5, 0.6) is 0 Å². The minimum Gasteiger partial charge on any atom is -0.455 e. The zero-order valence-electron chi connectivity index (χ0n) is 21.8. The molecule has 0 bridgehead atoms. The summed E-state index contributed by atoms with van der Waals surface area (Å²) in [7, 11) is 0. The number of fused-ring (bicyclic) bond motifs is 3. The zero-order chi connectivity index (χ0) is 25.6. The van der Waals surface area contributed by atoms with E-state index in [1.165, 1.54) is 0 Å². The van der Waals surface area contributed by atoms with Crippen molar-refractivity contribution in [1.29, 1.82) is 0 Å². The highest BCUT2D eigenvalue weighted by molar-refractivity contribution is 6.09. The van der Waals surface area contributed by atoms with E-state index >= 15 is 0 Å². The summed E-state index contributed by atoms with van der Waals surface area (Å²) in [6, 6.07) is 34.4. The summed E-state index contributed by atoms with van der Waals surface area (Å²) in [6.45, 7) is 1.90. The molecule has 0 N–H and O–H groups in total. The van der Waals surface area contributed by atoms with Gasteiger partial charge in [-0.25, -0.2) is 0 Å². The Balaban J connectivity index is 1.46. The molecule has 0 amide bonds. The maximum atomic E-state index is 9.06. The first-order chi connectivity index (χ1) is 17.9. The smallest absolute Gasteiger partial charge is 0.144 e. The van der Waals surface area contributed by atoms with E-state index in [1.807, 2.05) is 91.9 Å². The third kappa shape index (κ3) is 3.78. The molecule has 4 aromatic carbocycles. The average Bonchev–Trinajstić information content (AvgIpc) is 3.32. The molecule has 0 spiro atoms. The summed E-state index contributed by atoms with van der Waals surface area (Å²) in [6.07, 6.45) is -0.0118. The second kappa shape index (κ2) is 8.64. The Hall–Kier alpha value is -4.17. The van der Waals surface area contributed by atoms with Crippen LogP contribution in [0, 0.1) is 0 Å². The molecule has 34 heavy (non-hydrogen) atoms. The normalized spacial score (nSPS) is 14.9. The molecule has 6 aromatic rings. The number of hydrogen-bond donors (Lipinski definition) is 0. The molecule has 0 aliphatic rings. The van der Waals surface area contributed by atoms with Gasteiger partial charge in [0.25, 0.3) is 0 Å². The van der Waals surface area contributed by atoms with Gasteiger partial charge in [0.2, 0.25) is 0 Å². The van der Waals surface area contributed by atoms with Crippen LogP contribution in [0.2, 0.25) is 0 Å². The van der Waals surface area contributed by atoms with Crippen molar-refractivity contribution in [2.45, 2.75) is 19.2 Å². The molecule has 0 radical (unpaired) electrons. The minimum absolute atomic E-state index is 0.534. The molecule has 6 rings (SSSR count). The van der Waals surface area contributed by atoms with Crippen molar-refractivity contribution in [3.63, 3.8) is 0 Å². The molecule has 1 atom stereocenters. The van der Waals surface area contributed by atoms with Crippen LogP contribution in [-0.4, -0.2) is 4.98 Å². The fourth-order valence-electron chi connectivity index (χ4n) is 4.43. The quantitative estimate of drug-likeness (QED) is 0.268. The maximum Gasteiger partial charge on any atom is 0.144 e. The van der Waals surface area contributed by atoms with Crippen LogP contribution in [0.1, 0.15) is 39.2 Å². The first kappa shape index (κ1) is 17.3. The summed E-state index contributed by atoms with van der Waals surface area (Å²) >= 11 is 0. The highest BCUT2D eigenvalue weighted by atomic mass is 16.3. The van der Waals surface area contributed by atoms with E-state index in [0.717, 1.165) is 27.5 Å². The number of rotatable bonds is 5. The summed E-state index contributed by atoms with van der Waals surface area (Å²) in [4.78, 5) is 4.58. The Kier molecular flexibility index (Phi) is 4.40. The van der Waals surface area contributed by atoms with E-state index in [1.54, 1.807) is 30.5 Å². The lowest BCUT2D eigenvalue weighted by Crippen LogP contribution is -1.95. The van der Waals surface area contributed by atoms with E-state index in [4.69, 9.17) is 8.53 Å². The standard InChI is InChI=1S/C32H25NO/c1-22(25-11-6-3-7-12-25)26-15-16-27-28-13-8-14-29(32(28)34-31(27)21-26)30-20-24(17-18-33-30)19-23-9-4-2-5-10-23/h2-18,20-22H,19H2,1H3/i19D2,22D. The second-order valence-corrected chi connectivity index (χ2v) is 8.41. The molecular formula is C32H25NO. The van der Waals surface area contributed by atoms with Crippen LogP contribution in [-0.2, 0) is 6.37 Å². The monoisotopic (exact) mass is 442 g/mol. The van der Waals surface area contributed by atoms with Crippen LogP contribution in [0.3, 0.4) is 0 Å². The van der Waals surface area contributed by atoms with Crippen LogP contribution >= 0.6 is 0 Å². The van der Waals surface area contributed by atoms with Crippen molar-refractivity contribution >= 4 is 21.9 Å². The first-order valence-corrected chi connectivity index (χ1v) is 11.4. The summed E-state index contributed by atoms with van der Waals surface area (Å²) < 4.78 is 33.0. The largest absolute Gasteiger partial charge is 0.455 e. The minimum atomic E-state index is -1.66. The molecule has 0 aliphatic carbocycles. The second-order valence-electron chi connectivity index (χ2n) is 8.41. The summed E-state index contributed by atoms with van der Waals surface area (Å²) in [5.41, 5.74) is 5.76. The fraction of sp³-hybridized carbons (Fsp3) is 0.0938. The lowest BCUT2D eigenvalue weighted by atomic mass is 9.92. The van der Waals surface area contributed by atoms with Gasteiger partial charge in [-0.1, -0.05) is 91.9 Å².